The molecule has 0 fully saturated rings. The Morgan fingerprint density at radius 2 is 1.81 bits per heavy atom. The summed E-state index contributed by atoms with van der Waals surface area (Å²) in [5.74, 6) is -2.36. The van der Waals surface area contributed by atoms with Crippen LogP contribution in [0.1, 0.15) is 12.5 Å². The van der Waals surface area contributed by atoms with E-state index in [1.807, 2.05) is 6.07 Å². The van der Waals surface area contributed by atoms with E-state index in [-0.39, 0.29) is 18.9 Å². The van der Waals surface area contributed by atoms with Crippen LogP contribution >= 0.6 is 0 Å². The highest BCUT2D eigenvalue weighted by Gasteiger charge is 2.27. The van der Waals surface area contributed by atoms with Crippen LogP contribution in [0.3, 0.4) is 0 Å². The molecule has 114 valence electrons. The molecule has 7 heteroatoms. The van der Waals surface area contributed by atoms with E-state index in [2.05, 4.69) is 10.6 Å². The Labute approximate surface area is 122 Å². The van der Waals surface area contributed by atoms with Gasteiger partial charge in [0.05, 0.1) is 12.6 Å². The third-order valence-electron chi connectivity index (χ3n) is 2.78. The van der Waals surface area contributed by atoms with Crippen LogP contribution in [-0.4, -0.2) is 46.7 Å². The predicted molar refractivity (Wildman–Crippen MR) is 74.4 cm³/mol. The minimum Gasteiger partial charge on any atom is -0.479 e. The molecule has 0 saturated carbocycles. The van der Waals surface area contributed by atoms with E-state index in [1.165, 1.54) is 6.92 Å². The number of hydrogen-bond acceptors (Lipinski definition) is 4. The Bertz CT molecular complexity index is 503. The molecule has 1 aromatic carbocycles. The Morgan fingerprint density at radius 3 is 2.33 bits per heavy atom. The average Bonchev–Trinajstić information content (AvgIpc) is 2.44. The highest BCUT2D eigenvalue weighted by Crippen LogP contribution is 2.06. The second-order valence-corrected chi connectivity index (χ2v) is 4.56. The zero-order valence-electron chi connectivity index (χ0n) is 11.6. The molecule has 0 bridgehead atoms. The third kappa shape index (κ3) is 6.05. The minimum absolute atomic E-state index is 0.167. The molecule has 7 nitrogen and oxygen atoms in total. The van der Waals surface area contributed by atoms with Crippen molar-refractivity contribution < 1.29 is 24.6 Å². The number of hydrogen-bond donors (Lipinski definition) is 4. The van der Waals surface area contributed by atoms with Crippen LogP contribution < -0.4 is 10.6 Å². The highest BCUT2D eigenvalue weighted by molar-refractivity contribution is 5.84. The van der Waals surface area contributed by atoms with E-state index in [0.29, 0.717) is 0 Å². The zero-order valence-corrected chi connectivity index (χ0v) is 11.6. The van der Waals surface area contributed by atoms with E-state index in [0.717, 1.165) is 5.56 Å². The van der Waals surface area contributed by atoms with E-state index in [4.69, 9.17) is 5.11 Å². The third-order valence-corrected chi connectivity index (χ3v) is 2.78. The van der Waals surface area contributed by atoms with Crippen molar-refractivity contribution in [3.05, 3.63) is 35.9 Å². The molecule has 0 aromatic heterocycles. The molecule has 1 rings (SSSR count). The zero-order chi connectivity index (χ0) is 15.8. The molecular weight excluding hydrogens is 276 g/mol. The second kappa shape index (κ2) is 8.01. The lowest BCUT2D eigenvalue weighted by molar-refractivity contribution is -0.148. The van der Waals surface area contributed by atoms with Crippen molar-refractivity contribution in [2.75, 3.05) is 6.54 Å². The molecule has 0 unspecified atom stereocenters. The summed E-state index contributed by atoms with van der Waals surface area (Å²) >= 11 is 0. The molecule has 21 heavy (non-hydrogen) atoms. The number of aliphatic hydroxyl groups is 1. The van der Waals surface area contributed by atoms with Gasteiger partial charge >= 0.3 is 5.97 Å². The quantitative estimate of drug-likeness (QED) is 0.530. The van der Waals surface area contributed by atoms with Crippen LogP contribution in [-0.2, 0) is 20.8 Å². The van der Waals surface area contributed by atoms with Gasteiger partial charge in [-0.05, 0) is 12.0 Å². The summed E-state index contributed by atoms with van der Waals surface area (Å²) in [4.78, 5) is 33.3. The van der Waals surface area contributed by atoms with Crippen molar-refractivity contribution in [1.82, 2.24) is 10.6 Å². The van der Waals surface area contributed by atoms with Crippen LogP contribution in [0.25, 0.3) is 0 Å². The molecule has 4 N–H and O–H groups in total. The fraction of sp³-hybridized carbons (Fsp3) is 0.357. The van der Waals surface area contributed by atoms with Crippen molar-refractivity contribution in [3.8, 4) is 0 Å². The molecular formula is C14H18N2O5. The van der Waals surface area contributed by atoms with E-state index in [9.17, 15) is 19.5 Å². The smallest absolute Gasteiger partial charge is 0.334 e. The van der Waals surface area contributed by atoms with Gasteiger partial charge in [-0.15, -0.1) is 0 Å². The maximum atomic E-state index is 11.6. The lowest BCUT2D eigenvalue weighted by atomic mass is 10.0. The van der Waals surface area contributed by atoms with Gasteiger partial charge in [0.15, 0.2) is 6.10 Å². The number of carbonyl (C=O) groups excluding carboxylic acids is 2. The van der Waals surface area contributed by atoms with E-state index >= 15 is 0 Å². The largest absolute Gasteiger partial charge is 0.479 e. The molecule has 1 aromatic rings. The van der Waals surface area contributed by atoms with Gasteiger partial charge in [0.2, 0.25) is 11.8 Å². The molecule has 2 atom stereocenters. The minimum atomic E-state index is -1.73. The Kier molecular flexibility index (Phi) is 6.35. The fourth-order valence-electron chi connectivity index (χ4n) is 1.74. The van der Waals surface area contributed by atoms with Gasteiger partial charge < -0.3 is 20.8 Å². The standard InChI is InChI=1S/C14H18N2O5/c1-9(17)15-8-12(18)16-11(13(19)14(20)21)7-10-5-3-2-4-6-10/h2-6,11,13,19H,7-8H2,1H3,(H,15,17)(H,16,18)(H,20,21)/t11-,13+/m1/s1. The van der Waals surface area contributed by atoms with Crippen molar-refractivity contribution in [3.63, 3.8) is 0 Å². The average molecular weight is 294 g/mol. The summed E-state index contributed by atoms with van der Waals surface area (Å²) in [6.07, 6.45) is -1.56. The van der Waals surface area contributed by atoms with Gasteiger partial charge in [-0.1, -0.05) is 30.3 Å². The summed E-state index contributed by atoms with van der Waals surface area (Å²) in [6.45, 7) is 0.994. The number of nitrogens with one attached hydrogen (secondary N) is 2. The molecule has 2 amide bonds. The Balaban J connectivity index is 2.71. The summed E-state index contributed by atoms with van der Waals surface area (Å²) < 4.78 is 0. The monoisotopic (exact) mass is 294 g/mol. The van der Waals surface area contributed by atoms with Crippen molar-refractivity contribution >= 4 is 17.8 Å². The normalized spacial score (nSPS) is 13.0. The SMILES string of the molecule is CC(=O)NCC(=O)N[C@H](Cc1ccccc1)[C@H](O)C(=O)O. The summed E-state index contributed by atoms with van der Waals surface area (Å²) in [6, 6.07) is 7.91. The van der Waals surface area contributed by atoms with Crippen LogP contribution in [0.2, 0.25) is 0 Å². The van der Waals surface area contributed by atoms with Gasteiger partial charge in [-0.2, -0.15) is 0 Å². The van der Waals surface area contributed by atoms with Crippen LogP contribution in [0.5, 0.6) is 0 Å². The second-order valence-electron chi connectivity index (χ2n) is 4.56. The molecule has 0 aliphatic heterocycles. The molecule has 0 saturated heterocycles. The van der Waals surface area contributed by atoms with Crippen molar-refractivity contribution in [2.24, 2.45) is 0 Å². The maximum Gasteiger partial charge on any atom is 0.334 e. The number of aliphatic hydroxyl groups excluding tert-OH is 1. The first kappa shape index (κ1) is 16.6. The number of carboxylic acids is 1. The topological polar surface area (TPSA) is 116 Å². The Hall–Kier alpha value is -2.41. The summed E-state index contributed by atoms with van der Waals surface area (Å²) in [5, 5.41) is 23.3. The van der Waals surface area contributed by atoms with Crippen LogP contribution in [0.15, 0.2) is 30.3 Å². The van der Waals surface area contributed by atoms with Gasteiger partial charge in [0, 0.05) is 6.92 Å². The highest BCUT2D eigenvalue weighted by atomic mass is 16.4. The van der Waals surface area contributed by atoms with Gasteiger partial charge in [0.25, 0.3) is 0 Å². The summed E-state index contributed by atoms with van der Waals surface area (Å²) in [7, 11) is 0. The molecule has 0 spiro atoms. The Morgan fingerprint density at radius 1 is 1.19 bits per heavy atom. The summed E-state index contributed by atoms with van der Waals surface area (Å²) in [5.41, 5.74) is 0.780. The van der Waals surface area contributed by atoms with Gasteiger partial charge in [0.1, 0.15) is 0 Å². The van der Waals surface area contributed by atoms with Gasteiger partial charge in [-0.3, -0.25) is 9.59 Å². The fourth-order valence-corrected chi connectivity index (χ4v) is 1.74. The van der Waals surface area contributed by atoms with Crippen LogP contribution in [0, 0.1) is 0 Å². The maximum absolute atomic E-state index is 11.6. The number of amides is 2. The number of carbonyl (C=O) groups is 3. The van der Waals surface area contributed by atoms with Crippen LogP contribution in [0.4, 0.5) is 0 Å². The lowest BCUT2D eigenvalue weighted by Gasteiger charge is -2.21. The first-order chi connectivity index (χ1) is 9.90. The van der Waals surface area contributed by atoms with E-state index < -0.39 is 24.0 Å². The first-order valence-corrected chi connectivity index (χ1v) is 6.38. The molecule has 0 radical (unpaired) electrons. The number of benzene rings is 1. The van der Waals surface area contributed by atoms with Crippen molar-refractivity contribution in [2.45, 2.75) is 25.5 Å². The molecule has 0 heterocycles. The van der Waals surface area contributed by atoms with E-state index in [1.54, 1.807) is 24.3 Å². The molecule has 0 aliphatic rings. The first-order valence-electron chi connectivity index (χ1n) is 6.38. The number of aliphatic carboxylic acids is 1. The van der Waals surface area contributed by atoms with Gasteiger partial charge in [-0.25, -0.2) is 4.79 Å². The predicted octanol–water partition coefficient (Wildman–Crippen LogP) is -0.704. The number of rotatable bonds is 7. The van der Waals surface area contributed by atoms with Crippen molar-refractivity contribution in [1.29, 1.82) is 0 Å². The molecule has 0 aliphatic carbocycles. The lowest BCUT2D eigenvalue weighted by Crippen LogP contribution is -2.50. The number of carboxylic acid groups (broad SMARTS) is 1.